The van der Waals surface area contributed by atoms with Gasteiger partial charge in [-0.2, -0.15) is 0 Å². The summed E-state index contributed by atoms with van der Waals surface area (Å²) in [6.45, 7) is 6.74. The van der Waals surface area contributed by atoms with Crippen molar-refractivity contribution in [2.75, 3.05) is 20.1 Å². The van der Waals surface area contributed by atoms with Crippen molar-refractivity contribution in [1.82, 2.24) is 9.80 Å². The topological polar surface area (TPSA) is 49.9 Å². The van der Waals surface area contributed by atoms with Crippen molar-refractivity contribution in [1.29, 1.82) is 0 Å². The Balaban J connectivity index is 1.72. The Labute approximate surface area is 143 Å². The van der Waals surface area contributed by atoms with E-state index < -0.39 is 5.60 Å². The number of carbonyl (C=O) groups is 2. The van der Waals surface area contributed by atoms with Gasteiger partial charge in [0, 0.05) is 20.1 Å². The normalized spacial score (nSPS) is 23.2. The monoisotopic (exact) mass is 330 g/mol. The van der Waals surface area contributed by atoms with E-state index >= 15 is 0 Å². The van der Waals surface area contributed by atoms with Crippen LogP contribution in [-0.4, -0.2) is 47.5 Å². The van der Waals surface area contributed by atoms with Crippen LogP contribution in [0.25, 0.3) is 0 Å². The van der Waals surface area contributed by atoms with E-state index in [1.165, 1.54) is 5.56 Å². The molecule has 0 N–H and O–H groups in total. The average molecular weight is 330 g/mol. The molecule has 3 rings (SSSR count). The molecule has 0 bridgehead atoms. The van der Waals surface area contributed by atoms with Gasteiger partial charge in [-0.25, -0.2) is 4.79 Å². The first-order chi connectivity index (χ1) is 11.2. The van der Waals surface area contributed by atoms with Crippen LogP contribution >= 0.6 is 0 Å². The number of nitrogens with zero attached hydrogens (tertiary/aromatic N) is 2. The highest BCUT2D eigenvalue weighted by Gasteiger charge is 2.60. The van der Waals surface area contributed by atoms with Gasteiger partial charge in [0.15, 0.2) is 0 Å². The van der Waals surface area contributed by atoms with E-state index in [0.717, 1.165) is 0 Å². The van der Waals surface area contributed by atoms with Crippen LogP contribution in [0.4, 0.5) is 4.79 Å². The molecule has 1 aromatic carbocycles. The van der Waals surface area contributed by atoms with Gasteiger partial charge >= 0.3 is 6.09 Å². The quantitative estimate of drug-likeness (QED) is 0.743. The standard InChI is InChI=1S/C19H26N2O3/c1-18(2,3)24-17(23)21-12-10-19(11-13-21)15(20(4)16(19)22)14-8-6-5-7-9-14/h5-9,15H,10-13H2,1-4H3. The third-order valence-corrected chi connectivity index (χ3v) is 5.08. The van der Waals surface area contributed by atoms with E-state index in [0.29, 0.717) is 25.9 Å². The van der Waals surface area contributed by atoms with Crippen LogP contribution in [0, 0.1) is 5.41 Å². The molecule has 130 valence electrons. The fourth-order valence-electron chi connectivity index (χ4n) is 3.97. The fourth-order valence-corrected chi connectivity index (χ4v) is 3.97. The highest BCUT2D eigenvalue weighted by molar-refractivity contribution is 5.90. The van der Waals surface area contributed by atoms with Gasteiger partial charge in [-0.15, -0.1) is 0 Å². The lowest BCUT2D eigenvalue weighted by atomic mass is 9.62. The second-order valence-electron chi connectivity index (χ2n) is 7.85. The summed E-state index contributed by atoms with van der Waals surface area (Å²) in [5.41, 5.74) is 0.310. The molecule has 2 amide bonds. The van der Waals surface area contributed by atoms with Gasteiger partial charge in [0.1, 0.15) is 5.60 Å². The van der Waals surface area contributed by atoms with Crippen molar-refractivity contribution < 1.29 is 14.3 Å². The van der Waals surface area contributed by atoms with Crippen molar-refractivity contribution in [2.24, 2.45) is 5.41 Å². The van der Waals surface area contributed by atoms with Gasteiger partial charge < -0.3 is 14.5 Å². The van der Waals surface area contributed by atoms with E-state index in [1.807, 2.05) is 50.9 Å². The summed E-state index contributed by atoms with van der Waals surface area (Å²) in [6, 6.07) is 10.3. The molecule has 5 heteroatoms. The molecule has 0 aromatic heterocycles. The zero-order valence-electron chi connectivity index (χ0n) is 14.9. The number of benzene rings is 1. The molecule has 2 saturated heterocycles. The Hall–Kier alpha value is -2.04. The molecule has 1 aromatic rings. The summed E-state index contributed by atoms with van der Waals surface area (Å²) in [5.74, 6) is 0.195. The van der Waals surface area contributed by atoms with Crippen molar-refractivity contribution in [2.45, 2.75) is 45.3 Å². The number of hydrogen-bond donors (Lipinski definition) is 0. The zero-order chi connectivity index (χ0) is 17.5. The minimum atomic E-state index is -0.495. The first-order valence-electron chi connectivity index (χ1n) is 8.55. The summed E-state index contributed by atoms with van der Waals surface area (Å²) in [6.07, 6.45) is 1.10. The summed E-state index contributed by atoms with van der Waals surface area (Å²) < 4.78 is 5.45. The van der Waals surface area contributed by atoms with Crippen molar-refractivity contribution in [3.63, 3.8) is 0 Å². The Bertz CT molecular complexity index is 628. The number of β-lactam (4-membered cyclic amide) rings is 1. The summed E-state index contributed by atoms with van der Waals surface area (Å²) >= 11 is 0. The maximum atomic E-state index is 12.6. The molecule has 2 aliphatic rings. The number of amides is 2. The third kappa shape index (κ3) is 2.76. The number of piperidine rings is 1. The highest BCUT2D eigenvalue weighted by atomic mass is 16.6. The predicted octanol–water partition coefficient (Wildman–Crippen LogP) is 3.22. The van der Waals surface area contributed by atoms with Gasteiger partial charge in [0.05, 0.1) is 11.5 Å². The summed E-state index contributed by atoms with van der Waals surface area (Å²) in [5, 5.41) is 0. The molecule has 2 aliphatic heterocycles. The number of ether oxygens (including phenoxy) is 1. The van der Waals surface area contributed by atoms with Crippen molar-refractivity contribution in [3.05, 3.63) is 35.9 Å². The Morgan fingerprint density at radius 3 is 2.29 bits per heavy atom. The summed E-state index contributed by atoms with van der Waals surface area (Å²) in [7, 11) is 1.87. The maximum Gasteiger partial charge on any atom is 0.410 e. The number of hydrogen-bond acceptors (Lipinski definition) is 3. The molecule has 24 heavy (non-hydrogen) atoms. The molecule has 0 saturated carbocycles. The van der Waals surface area contributed by atoms with Gasteiger partial charge in [0.25, 0.3) is 0 Å². The van der Waals surface area contributed by atoms with Crippen LogP contribution in [-0.2, 0) is 9.53 Å². The van der Waals surface area contributed by atoms with Crippen LogP contribution < -0.4 is 0 Å². The van der Waals surface area contributed by atoms with Gasteiger partial charge in [-0.1, -0.05) is 30.3 Å². The minimum absolute atomic E-state index is 0.104. The Kier molecular flexibility index (Phi) is 4.06. The van der Waals surface area contributed by atoms with Crippen LogP contribution in [0.1, 0.15) is 45.2 Å². The summed E-state index contributed by atoms with van der Waals surface area (Å²) in [4.78, 5) is 28.4. The lowest BCUT2D eigenvalue weighted by Gasteiger charge is -2.57. The third-order valence-electron chi connectivity index (χ3n) is 5.08. The smallest absolute Gasteiger partial charge is 0.410 e. The minimum Gasteiger partial charge on any atom is -0.444 e. The van der Waals surface area contributed by atoms with Crippen LogP contribution in [0.5, 0.6) is 0 Å². The van der Waals surface area contributed by atoms with Gasteiger partial charge in [0.2, 0.25) is 5.91 Å². The van der Waals surface area contributed by atoms with Crippen molar-refractivity contribution in [3.8, 4) is 0 Å². The number of carbonyl (C=O) groups excluding carboxylic acids is 2. The van der Waals surface area contributed by atoms with E-state index in [-0.39, 0.29) is 23.5 Å². The Morgan fingerprint density at radius 2 is 1.75 bits per heavy atom. The molecule has 5 nitrogen and oxygen atoms in total. The molecular formula is C19H26N2O3. The van der Waals surface area contributed by atoms with Gasteiger partial charge in [-0.3, -0.25) is 4.79 Å². The largest absolute Gasteiger partial charge is 0.444 e. The van der Waals surface area contributed by atoms with E-state index in [1.54, 1.807) is 4.90 Å². The molecule has 0 aliphatic carbocycles. The van der Waals surface area contributed by atoms with Crippen LogP contribution in [0.2, 0.25) is 0 Å². The predicted molar refractivity (Wildman–Crippen MR) is 91.4 cm³/mol. The second kappa shape index (κ2) is 5.80. The number of likely N-dealkylation sites (tertiary alicyclic amines) is 2. The Morgan fingerprint density at radius 1 is 1.17 bits per heavy atom. The molecular weight excluding hydrogens is 304 g/mol. The van der Waals surface area contributed by atoms with E-state index in [9.17, 15) is 9.59 Å². The molecule has 2 heterocycles. The van der Waals surface area contributed by atoms with E-state index in [4.69, 9.17) is 4.74 Å². The second-order valence-corrected chi connectivity index (χ2v) is 7.85. The average Bonchev–Trinajstić information content (AvgIpc) is 2.54. The van der Waals surface area contributed by atoms with Crippen molar-refractivity contribution >= 4 is 12.0 Å². The molecule has 1 atom stereocenters. The highest BCUT2D eigenvalue weighted by Crippen LogP contribution is 2.55. The first-order valence-corrected chi connectivity index (χ1v) is 8.55. The molecule has 2 fully saturated rings. The number of rotatable bonds is 1. The lowest BCUT2D eigenvalue weighted by Crippen LogP contribution is -2.65. The van der Waals surface area contributed by atoms with Crippen LogP contribution in [0.3, 0.4) is 0 Å². The van der Waals surface area contributed by atoms with E-state index in [2.05, 4.69) is 12.1 Å². The fraction of sp³-hybridized carbons (Fsp3) is 0.579. The molecule has 1 spiro atoms. The van der Waals surface area contributed by atoms with Crippen LogP contribution in [0.15, 0.2) is 30.3 Å². The maximum absolute atomic E-state index is 12.6. The lowest BCUT2D eigenvalue weighted by molar-refractivity contribution is -0.176. The molecule has 0 radical (unpaired) electrons. The molecule has 1 unspecified atom stereocenters. The SMILES string of the molecule is CN1C(=O)C2(CCN(C(=O)OC(C)(C)C)CC2)C1c1ccccc1. The zero-order valence-corrected chi connectivity index (χ0v) is 14.9. The first kappa shape index (κ1) is 16.8. The van der Waals surface area contributed by atoms with Gasteiger partial charge in [-0.05, 0) is 39.2 Å².